The second-order valence-electron chi connectivity index (χ2n) is 0.202. The first-order chi connectivity index (χ1) is 1.91. The normalized spacial score (nSPS) is 6.25. The second kappa shape index (κ2) is 3.40. The van der Waals surface area contributed by atoms with Crippen LogP contribution in [0.25, 0.3) is 0 Å². The van der Waals surface area contributed by atoms with Gasteiger partial charge in [0.2, 0.25) is 0 Å². The molecule has 0 bridgehead atoms. The molecule has 0 aliphatic carbocycles. The van der Waals surface area contributed by atoms with Crippen LogP contribution in [0.5, 0.6) is 0 Å². The molecule has 0 atom stereocenters. The van der Waals surface area contributed by atoms with Crippen molar-refractivity contribution in [1.82, 2.24) is 0 Å². The first-order valence-corrected chi connectivity index (χ1v) is 1.96. The van der Waals surface area contributed by atoms with Crippen molar-refractivity contribution in [2.24, 2.45) is 0 Å². The summed E-state index contributed by atoms with van der Waals surface area (Å²) in [6.07, 6.45) is 0. The Morgan fingerprint density at radius 3 is 2.25 bits per heavy atom. The van der Waals surface area contributed by atoms with Gasteiger partial charge in [-0.15, -0.1) is 0 Å². The van der Waals surface area contributed by atoms with Crippen molar-refractivity contribution in [3.8, 4) is 0 Å². The molecular weight excluding hydrogens is 92.1 g/mol. The molecule has 0 aromatic carbocycles. The van der Waals surface area contributed by atoms with E-state index in [0.717, 1.165) is 0 Å². The smallest absolute Gasteiger partial charge is 0.0619 e. The molecule has 3 heteroatoms. The largest absolute Gasteiger partial charge is 0.325 e. The third kappa shape index (κ3) is 2.40. The molecule has 1 nitrogen and oxygen atoms in total. The average Bonchev–Trinajstić information content (AvgIpc) is 1.37. The molecule has 0 aliphatic heterocycles. The lowest BCUT2D eigenvalue weighted by Gasteiger charge is -1.56. The summed E-state index contributed by atoms with van der Waals surface area (Å²) in [4.78, 5) is 0. The Bertz CT molecular complexity index is 20.0. The van der Waals surface area contributed by atoms with Gasteiger partial charge >= 0.3 is 0 Å². The van der Waals surface area contributed by atoms with E-state index in [9.17, 15) is 0 Å². The highest BCUT2D eigenvalue weighted by atomic mass is 32.2. The van der Waals surface area contributed by atoms with Gasteiger partial charge in [0.25, 0.3) is 0 Å². The van der Waals surface area contributed by atoms with Gasteiger partial charge in [0.15, 0.2) is 0 Å². The van der Waals surface area contributed by atoms with Crippen molar-refractivity contribution >= 4 is 29.0 Å². The number of thiocarbonyl (C=S) groups is 1. The van der Waals surface area contributed by atoms with Gasteiger partial charge in [0, 0.05) is 12.0 Å². The summed E-state index contributed by atoms with van der Waals surface area (Å²) >= 11 is 4.69. The van der Waals surface area contributed by atoms with Crippen molar-refractivity contribution in [2.75, 3.05) is 0 Å². The molecule has 24 valence electrons. The summed E-state index contributed by atoms with van der Waals surface area (Å²) < 4.78 is 8.81. The van der Waals surface area contributed by atoms with E-state index in [-0.39, 0.29) is 0 Å². The van der Waals surface area contributed by atoms with Gasteiger partial charge in [-0.2, -0.15) is 0 Å². The van der Waals surface area contributed by atoms with Crippen LogP contribution in [0.2, 0.25) is 0 Å². The third-order valence-electron chi connectivity index (χ3n) is 0.0430. The van der Waals surface area contributed by atoms with Crippen molar-refractivity contribution in [3.63, 3.8) is 0 Å². The molecule has 0 radical (unpaired) electrons. The molecular formula is CH2OS2. The zero-order valence-electron chi connectivity index (χ0n) is 1.84. The minimum atomic E-state index is 0.546. The standard InChI is InChI=1S/CH2OS2/c2-4-1-3/h1-2H. The molecule has 0 saturated heterocycles. The Labute approximate surface area is 34.2 Å². The lowest BCUT2D eigenvalue weighted by Crippen LogP contribution is -1.40. The number of hydrogen-bond donors (Lipinski definition) is 1. The van der Waals surface area contributed by atoms with Crippen LogP contribution < -0.4 is 0 Å². The topological polar surface area (TPSA) is 20.2 Å². The van der Waals surface area contributed by atoms with Crippen molar-refractivity contribution in [3.05, 3.63) is 0 Å². The molecule has 0 heterocycles. The van der Waals surface area contributed by atoms with Crippen LogP contribution in [-0.2, 0) is 0 Å². The van der Waals surface area contributed by atoms with E-state index < -0.39 is 0 Å². The molecule has 0 fully saturated rings. The fourth-order valence-electron chi connectivity index (χ4n) is 0. The van der Waals surface area contributed by atoms with E-state index in [1.54, 1.807) is 0 Å². The van der Waals surface area contributed by atoms with Crippen LogP contribution in [0, 0.1) is 0 Å². The first kappa shape index (κ1) is 4.40. The van der Waals surface area contributed by atoms with Gasteiger partial charge in [-0.05, 0) is 0 Å². The van der Waals surface area contributed by atoms with Gasteiger partial charge in [-0.25, -0.2) is 0 Å². The minimum absolute atomic E-state index is 0.546. The highest BCUT2D eigenvalue weighted by Crippen LogP contribution is 1.76. The molecule has 0 amide bonds. The highest BCUT2D eigenvalue weighted by Gasteiger charge is 1.49. The van der Waals surface area contributed by atoms with E-state index in [2.05, 4.69) is 12.2 Å². The fraction of sp³-hybridized carbons (Fsp3) is 0. The Hall–Kier alpha value is 0.400. The summed E-state index contributed by atoms with van der Waals surface area (Å²) in [5.74, 6) is 0. The predicted molar refractivity (Wildman–Crippen MR) is 23.9 cm³/mol. The van der Waals surface area contributed by atoms with E-state index in [4.69, 9.17) is 4.55 Å². The Balaban J connectivity index is 2.30. The summed E-state index contributed by atoms with van der Waals surface area (Å²) in [6.45, 7) is 0. The Morgan fingerprint density at radius 1 is 2.00 bits per heavy atom. The molecule has 0 saturated carbocycles. The molecule has 0 aliphatic rings. The monoisotopic (exact) mass is 94.0 g/mol. The lowest BCUT2D eigenvalue weighted by atomic mass is 11.9. The van der Waals surface area contributed by atoms with Crippen LogP contribution in [-0.4, -0.2) is 9.25 Å². The molecule has 0 spiro atoms. The Morgan fingerprint density at radius 2 is 2.25 bits per heavy atom. The van der Waals surface area contributed by atoms with Gasteiger partial charge in [-0.3, -0.25) is 0 Å². The maximum absolute atomic E-state index is 7.63. The quantitative estimate of drug-likeness (QED) is 0.389. The lowest BCUT2D eigenvalue weighted by molar-refractivity contribution is 0.674. The first-order valence-electron chi connectivity index (χ1n) is 0.654. The minimum Gasteiger partial charge on any atom is -0.325 e. The second-order valence-corrected chi connectivity index (χ2v) is 1.18. The van der Waals surface area contributed by atoms with Crippen molar-refractivity contribution in [2.45, 2.75) is 0 Å². The SMILES string of the molecule is OSC=S. The highest BCUT2D eigenvalue weighted by molar-refractivity contribution is 8.17. The third-order valence-corrected chi connectivity index (χ3v) is 0.387. The van der Waals surface area contributed by atoms with Crippen LogP contribution in [0.4, 0.5) is 0 Å². The molecule has 0 aromatic heterocycles. The van der Waals surface area contributed by atoms with Crippen LogP contribution >= 0.6 is 24.3 Å². The van der Waals surface area contributed by atoms with Crippen molar-refractivity contribution < 1.29 is 4.55 Å². The van der Waals surface area contributed by atoms with Gasteiger partial charge in [0.05, 0.1) is 4.70 Å². The van der Waals surface area contributed by atoms with Gasteiger partial charge in [-0.1, -0.05) is 12.2 Å². The molecule has 1 N–H and O–H groups in total. The summed E-state index contributed by atoms with van der Waals surface area (Å²) in [7, 11) is 0. The summed E-state index contributed by atoms with van der Waals surface area (Å²) in [6, 6.07) is 0. The zero-order chi connectivity index (χ0) is 3.41. The maximum atomic E-state index is 7.63. The summed E-state index contributed by atoms with van der Waals surface area (Å²) in [5, 5.41) is 0. The molecule has 0 aromatic rings. The van der Waals surface area contributed by atoms with Gasteiger partial charge < -0.3 is 4.55 Å². The van der Waals surface area contributed by atoms with E-state index >= 15 is 0 Å². The van der Waals surface area contributed by atoms with E-state index in [1.165, 1.54) is 4.70 Å². The van der Waals surface area contributed by atoms with E-state index in [1.807, 2.05) is 0 Å². The summed E-state index contributed by atoms with van der Waals surface area (Å²) in [5.41, 5.74) is 0. The maximum Gasteiger partial charge on any atom is 0.0619 e. The zero-order valence-corrected chi connectivity index (χ0v) is 3.47. The van der Waals surface area contributed by atoms with E-state index in [0.29, 0.717) is 12.0 Å². The van der Waals surface area contributed by atoms with Crippen LogP contribution in [0.3, 0.4) is 0 Å². The number of rotatable bonds is 1. The van der Waals surface area contributed by atoms with Crippen molar-refractivity contribution in [1.29, 1.82) is 0 Å². The Kier molecular flexibility index (Phi) is 3.74. The van der Waals surface area contributed by atoms with Gasteiger partial charge in [0.1, 0.15) is 0 Å². The van der Waals surface area contributed by atoms with Crippen LogP contribution in [0.15, 0.2) is 0 Å². The molecule has 0 unspecified atom stereocenters. The average molecular weight is 94.2 g/mol. The number of hydrogen-bond acceptors (Lipinski definition) is 3. The predicted octanol–water partition coefficient (Wildman–Crippen LogP) is 1.15. The fourth-order valence-corrected chi connectivity index (χ4v) is 0. The molecule has 0 rings (SSSR count). The van der Waals surface area contributed by atoms with Crippen LogP contribution in [0.1, 0.15) is 0 Å². The molecule has 4 heavy (non-hydrogen) atoms.